The van der Waals surface area contributed by atoms with Crippen LogP contribution in [-0.2, 0) is 5.41 Å². The summed E-state index contributed by atoms with van der Waals surface area (Å²) in [6, 6.07) is -0.0379. The van der Waals surface area contributed by atoms with E-state index in [1.165, 1.54) is 0 Å². The first kappa shape index (κ1) is 15.6. The lowest BCUT2D eigenvalue weighted by Crippen LogP contribution is -2.41. The minimum atomic E-state index is -0.275. The number of aromatic amines is 1. The molecule has 0 aliphatic rings. The third-order valence-electron chi connectivity index (χ3n) is 2.77. The zero-order valence-electron chi connectivity index (χ0n) is 12.4. The van der Waals surface area contributed by atoms with E-state index in [-0.39, 0.29) is 23.2 Å². The van der Waals surface area contributed by atoms with Crippen molar-refractivity contribution >= 4 is 5.91 Å². The van der Waals surface area contributed by atoms with Gasteiger partial charge in [-0.15, -0.1) is 5.10 Å². The molecule has 4 N–H and O–H groups in total. The first-order chi connectivity index (χ1) is 8.74. The van der Waals surface area contributed by atoms with E-state index in [4.69, 9.17) is 5.73 Å². The van der Waals surface area contributed by atoms with Gasteiger partial charge in [-0.3, -0.25) is 9.89 Å². The zero-order chi connectivity index (χ0) is 14.6. The van der Waals surface area contributed by atoms with Crippen LogP contribution in [-0.4, -0.2) is 33.7 Å². The lowest BCUT2D eigenvalue weighted by atomic mass is 9.96. The molecule has 1 heterocycles. The molecule has 1 amide bonds. The highest BCUT2D eigenvalue weighted by atomic mass is 16.2. The Bertz CT molecular complexity index is 419. The normalized spacial score (nSPS) is 13.6. The van der Waals surface area contributed by atoms with Crippen molar-refractivity contribution in [2.75, 3.05) is 6.54 Å². The summed E-state index contributed by atoms with van der Waals surface area (Å²) in [7, 11) is 0. The van der Waals surface area contributed by atoms with Gasteiger partial charge in [0.25, 0.3) is 5.91 Å². The van der Waals surface area contributed by atoms with Crippen LogP contribution in [0.3, 0.4) is 0 Å². The Labute approximate surface area is 114 Å². The van der Waals surface area contributed by atoms with Crippen LogP contribution in [0.4, 0.5) is 0 Å². The fourth-order valence-electron chi connectivity index (χ4n) is 1.73. The summed E-state index contributed by atoms with van der Waals surface area (Å²) in [5.74, 6) is 1.08. The van der Waals surface area contributed by atoms with Crippen LogP contribution in [0, 0.1) is 5.92 Å². The Kier molecular flexibility index (Phi) is 5.05. The van der Waals surface area contributed by atoms with Crippen molar-refractivity contribution in [2.45, 2.75) is 52.5 Å². The molecule has 0 saturated carbocycles. The molecule has 1 atom stereocenters. The number of hydrogen-bond donors (Lipinski definition) is 3. The molecule has 1 aromatic heterocycles. The second kappa shape index (κ2) is 6.14. The molecule has 19 heavy (non-hydrogen) atoms. The number of nitrogens with two attached hydrogens (primary N) is 1. The van der Waals surface area contributed by atoms with E-state index in [1.807, 2.05) is 20.8 Å². The second-order valence-corrected chi connectivity index (χ2v) is 6.29. The monoisotopic (exact) mass is 267 g/mol. The smallest absolute Gasteiger partial charge is 0.291 e. The predicted molar refractivity (Wildman–Crippen MR) is 74.8 cm³/mol. The fraction of sp³-hybridized carbons (Fsp3) is 0.769. The van der Waals surface area contributed by atoms with Gasteiger partial charge in [-0.1, -0.05) is 34.6 Å². The molecule has 0 bridgehead atoms. The topological polar surface area (TPSA) is 96.7 Å². The number of carbonyl (C=O) groups excluding carboxylic acids is 1. The molecule has 0 aromatic carbocycles. The Hall–Kier alpha value is -1.43. The Balaban J connectivity index is 2.70. The van der Waals surface area contributed by atoms with Gasteiger partial charge in [-0.2, -0.15) is 0 Å². The van der Waals surface area contributed by atoms with Gasteiger partial charge < -0.3 is 11.1 Å². The second-order valence-electron chi connectivity index (χ2n) is 6.29. The van der Waals surface area contributed by atoms with Crippen LogP contribution in [0.15, 0.2) is 0 Å². The molecule has 0 fully saturated rings. The highest BCUT2D eigenvalue weighted by molar-refractivity contribution is 5.90. The molecular weight excluding hydrogens is 242 g/mol. The summed E-state index contributed by atoms with van der Waals surface area (Å²) in [5.41, 5.74) is 5.50. The first-order valence-corrected chi connectivity index (χ1v) is 6.67. The number of H-pyrrole nitrogens is 1. The highest BCUT2D eigenvalue weighted by Gasteiger charge is 2.22. The van der Waals surface area contributed by atoms with Crippen LogP contribution in [0.2, 0.25) is 0 Å². The van der Waals surface area contributed by atoms with Gasteiger partial charge in [0.1, 0.15) is 5.82 Å². The Morgan fingerprint density at radius 1 is 1.42 bits per heavy atom. The molecule has 0 aliphatic heterocycles. The van der Waals surface area contributed by atoms with E-state index in [0.717, 1.165) is 6.42 Å². The summed E-state index contributed by atoms with van der Waals surface area (Å²) in [6.45, 7) is 10.6. The van der Waals surface area contributed by atoms with E-state index >= 15 is 0 Å². The SMILES string of the molecule is CC(C)CC(CN)NC(=O)c1n[nH]c(C(C)(C)C)n1. The summed E-state index contributed by atoms with van der Waals surface area (Å²) in [6.07, 6.45) is 0.846. The minimum Gasteiger partial charge on any atom is -0.345 e. The van der Waals surface area contributed by atoms with Gasteiger partial charge in [-0.05, 0) is 12.3 Å². The number of nitrogens with one attached hydrogen (secondary N) is 2. The highest BCUT2D eigenvalue weighted by Crippen LogP contribution is 2.17. The number of hydrogen-bond acceptors (Lipinski definition) is 4. The van der Waals surface area contributed by atoms with E-state index in [2.05, 4.69) is 34.3 Å². The van der Waals surface area contributed by atoms with Crippen molar-refractivity contribution in [3.8, 4) is 0 Å². The van der Waals surface area contributed by atoms with Crippen molar-refractivity contribution in [1.82, 2.24) is 20.5 Å². The van der Waals surface area contributed by atoms with Gasteiger partial charge in [0, 0.05) is 18.0 Å². The molecule has 0 radical (unpaired) electrons. The molecule has 6 nitrogen and oxygen atoms in total. The first-order valence-electron chi connectivity index (χ1n) is 6.67. The van der Waals surface area contributed by atoms with Gasteiger partial charge in [0.2, 0.25) is 5.82 Å². The van der Waals surface area contributed by atoms with E-state index < -0.39 is 0 Å². The lowest BCUT2D eigenvalue weighted by molar-refractivity contribution is 0.0923. The van der Waals surface area contributed by atoms with Gasteiger partial charge in [-0.25, -0.2) is 4.98 Å². The minimum absolute atomic E-state index is 0.0379. The van der Waals surface area contributed by atoms with Crippen LogP contribution in [0.5, 0.6) is 0 Å². The van der Waals surface area contributed by atoms with Crippen molar-refractivity contribution in [3.05, 3.63) is 11.6 Å². The van der Waals surface area contributed by atoms with Crippen molar-refractivity contribution in [2.24, 2.45) is 11.7 Å². The summed E-state index contributed by atoms with van der Waals surface area (Å²) in [5, 5.41) is 9.64. The summed E-state index contributed by atoms with van der Waals surface area (Å²) >= 11 is 0. The van der Waals surface area contributed by atoms with Crippen molar-refractivity contribution in [3.63, 3.8) is 0 Å². The van der Waals surface area contributed by atoms with Crippen molar-refractivity contribution < 1.29 is 4.79 Å². The predicted octanol–water partition coefficient (Wildman–Crippen LogP) is 1.21. The van der Waals surface area contributed by atoms with Gasteiger partial charge in [0.15, 0.2) is 0 Å². The summed E-state index contributed by atoms with van der Waals surface area (Å²) in [4.78, 5) is 16.3. The maximum Gasteiger partial charge on any atom is 0.291 e. The van der Waals surface area contributed by atoms with Crippen LogP contribution < -0.4 is 11.1 Å². The Morgan fingerprint density at radius 2 is 2.05 bits per heavy atom. The average molecular weight is 267 g/mol. The number of nitrogens with zero attached hydrogens (tertiary/aromatic N) is 2. The third-order valence-corrected chi connectivity index (χ3v) is 2.77. The molecule has 0 saturated heterocycles. The number of rotatable bonds is 5. The molecule has 1 aromatic rings. The summed E-state index contributed by atoms with van der Waals surface area (Å²) < 4.78 is 0. The fourth-order valence-corrected chi connectivity index (χ4v) is 1.73. The number of aromatic nitrogens is 3. The molecule has 1 rings (SSSR count). The maximum atomic E-state index is 12.0. The van der Waals surface area contributed by atoms with Crippen LogP contribution in [0.1, 0.15) is 57.5 Å². The van der Waals surface area contributed by atoms with E-state index in [0.29, 0.717) is 18.3 Å². The van der Waals surface area contributed by atoms with Crippen molar-refractivity contribution in [1.29, 1.82) is 0 Å². The molecule has 1 unspecified atom stereocenters. The molecule has 6 heteroatoms. The molecular formula is C13H25N5O. The average Bonchev–Trinajstić information content (AvgIpc) is 2.76. The third kappa shape index (κ3) is 4.63. The standard InChI is InChI=1S/C13H25N5O/c1-8(2)6-9(7-14)15-11(19)10-16-12(18-17-10)13(3,4)5/h8-9H,6-7,14H2,1-5H3,(H,15,19)(H,16,17,18). The lowest BCUT2D eigenvalue weighted by Gasteiger charge is -2.17. The Morgan fingerprint density at radius 3 is 2.47 bits per heavy atom. The number of amides is 1. The largest absolute Gasteiger partial charge is 0.345 e. The quantitative estimate of drug-likeness (QED) is 0.747. The van der Waals surface area contributed by atoms with Crippen LogP contribution >= 0.6 is 0 Å². The maximum absolute atomic E-state index is 12.0. The van der Waals surface area contributed by atoms with Crippen LogP contribution in [0.25, 0.3) is 0 Å². The molecule has 0 aliphatic carbocycles. The van der Waals surface area contributed by atoms with Gasteiger partial charge in [0.05, 0.1) is 0 Å². The van der Waals surface area contributed by atoms with E-state index in [9.17, 15) is 4.79 Å². The molecule has 0 spiro atoms. The van der Waals surface area contributed by atoms with E-state index in [1.54, 1.807) is 0 Å². The zero-order valence-corrected chi connectivity index (χ0v) is 12.4. The van der Waals surface area contributed by atoms with Gasteiger partial charge >= 0.3 is 0 Å². The number of carbonyl (C=O) groups is 1. The molecule has 108 valence electrons.